The topological polar surface area (TPSA) is 90.5 Å². The van der Waals surface area contributed by atoms with Crippen molar-refractivity contribution in [3.8, 4) is 0 Å². The fourth-order valence-electron chi connectivity index (χ4n) is 4.29. The minimum Gasteiger partial charge on any atom is -0.322 e. The van der Waals surface area contributed by atoms with E-state index in [1.54, 1.807) is 18.2 Å². The highest BCUT2D eigenvalue weighted by Crippen LogP contribution is 2.36. The molecular formula is C19H21F3N4O3. The van der Waals surface area contributed by atoms with E-state index in [-0.39, 0.29) is 51.3 Å². The number of hydrogen-bond donors (Lipinski definition) is 3. The minimum atomic E-state index is -4.42. The van der Waals surface area contributed by atoms with Gasteiger partial charge in [-0.25, -0.2) is 0 Å². The Morgan fingerprint density at radius 3 is 2.69 bits per heavy atom. The molecule has 0 saturated carbocycles. The summed E-state index contributed by atoms with van der Waals surface area (Å²) >= 11 is 0. The molecule has 0 bridgehead atoms. The van der Waals surface area contributed by atoms with Crippen LogP contribution in [0.3, 0.4) is 0 Å². The number of rotatable bonds is 4. The first-order valence-electron chi connectivity index (χ1n) is 9.50. The van der Waals surface area contributed by atoms with Gasteiger partial charge in [-0.15, -0.1) is 0 Å². The summed E-state index contributed by atoms with van der Waals surface area (Å²) < 4.78 is 40.8. The van der Waals surface area contributed by atoms with Crippen LogP contribution in [0.5, 0.6) is 0 Å². The molecule has 0 radical (unpaired) electrons. The predicted octanol–water partition coefficient (Wildman–Crippen LogP) is 0.832. The summed E-state index contributed by atoms with van der Waals surface area (Å²) in [4.78, 5) is 37.9. The average molecular weight is 410 g/mol. The second-order valence-corrected chi connectivity index (χ2v) is 7.71. The summed E-state index contributed by atoms with van der Waals surface area (Å²) in [6.45, 7) is 0.128. The molecule has 1 aromatic rings. The Labute approximate surface area is 165 Å². The number of amides is 3. The van der Waals surface area contributed by atoms with Crippen molar-refractivity contribution in [2.24, 2.45) is 0 Å². The van der Waals surface area contributed by atoms with Gasteiger partial charge in [0.15, 0.2) is 0 Å². The van der Waals surface area contributed by atoms with Gasteiger partial charge in [0.05, 0.1) is 0 Å². The molecule has 2 fully saturated rings. The standard InChI is InChI=1S/C19H21F3N4O3/c20-19(21,22)18(6-7-23-10-18)24-8-11-2-1-3-12-9-26(17(29)15(11)12)13-4-5-14(27)25-16(13)28/h1-3,13,23-24H,4-10H2,(H,25,27,28). The van der Waals surface area contributed by atoms with E-state index in [0.29, 0.717) is 16.7 Å². The lowest BCUT2D eigenvalue weighted by Gasteiger charge is -2.32. The molecule has 3 aliphatic rings. The SMILES string of the molecule is O=C1CCC(N2Cc3cccc(CNC4(C(F)(F)F)CCNC4)c3C2=O)C(=O)N1. The van der Waals surface area contributed by atoms with Crippen molar-refractivity contribution >= 4 is 17.7 Å². The van der Waals surface area contributed by atoms with E-state index in [4.69, 9.17) is 0 Å². The van der Waals surface area contributed by atoms with Gasteiger partial charge in [-0.05, 0) is 30.5 Å². The second kappa shape index (κ2) is 7.10. The third-order valence-electron chi connectivity index (χ3n) is 5.95. The van der Waals surface area contributed by atoms with Crippen LogP contribution in [0.15, 0.2) is 18.2 Å². The zero-order valence-corrected chi connectivity index (χ0v) is 15.6. The number of imide groups is 1. The number of alkyl halides is 3. The van der Waals surface area contributed by atoms with Crippen molar-refractivity contribution in [3.63, 3.8) is 0 Å². The largest absolute Gasteiger partial charge is 0.407 e. The highest BCUT2D eigenvalue weighted by molar-refractivity contribution is 6.05. The first-order chi connectivity index (χ1) is 13.7. The second-order valence-electron chi connectivity index (χ2n) is 7.71. The van der Waals surface area contributed by atoms with Crippen LogP contribution in [0, 0.1) is 0 Å². The van der Waals surface area contributed by atoms with Crippen LogP contribution in [0.4, 0.5) is 13.2 Å². The fraction of sp³-hybridized carbons (Fsp3) is 0.526. The first kappa shape index (κ1) is 19.8. The van der Waals surface area contributed by atoms with Gasteiger partial charge in [0.1, 0.15) is 11.6 Å². The maximum atomic E-state index is 13.6. The summed E-state index contributed by atoms with van der Waals surface area (Å²) in [5.74, 6) is -1.28. The van der Waals surface area contributed by atoms with Gasteiger partial charge in [0, 0.05) is 31.6 Å². The number of nitrogens with zero attached hydrogens (tertiary/aromatic N) is 1. The summed E-state index contributed by atoms with van der Waals surface area (Å²) in [6, 6.07) is 4.31. The molecule has 10 heteroatoms. The third-order valence-corrected chi connectivity index (χ3v) is 5.95. The van der Waals surface area contributed by atoms with E-state index in [9.17, 15) is 27.6 Å². The maximum absolute atomic E-state index is 13.6. The molecule has 2 atom stereocenters. The summed E-state index contributed by atoms with van der Waals surface area (Å²) in [5, 5.41) is 7.61. The third kappa shape index (κ3) is 3.40. The molecule has 2 unspecified atom stereocenters. The first-order valence-corrected chi connectivity index (χ1v) is 9.50. The van der Waals surface area contributed by atoms with Crippen molar-refractivity contribution in [1.29, 1.82) is 0 Å². The number of carbonyl (C=O) groups is 3. The molecule has 3 amide bonds. The van der Waals surface area contributed by atoms with E-state index >= 15 is 0 Å². The number of halogens is 3. The highest BCUT2D eigenvalue weighted by Gasteiger charge is 2.56. The van der Waals surface area contributed by atoms with Crippen molar-refractivity contribution in [2.45, 2.75) is 50.1 Å². The summed E-state index contributed by atoms with van der Waals surface area (Å²) in [6.07, 6.45) is -4.12. The van der Waals surface area contributed by atoms with E-state index in [0.717, 1.165) is 0 Å². The zero-order chi connectivity index (χ0) is 20.8. The Kier molecular flexibility index (Phi) is 4.86. The van der Waals surface area contributed by atoms with Gasteiger partial charge in [-0.2, -0.15) is 13.2 Å². The van der Waals surface area contributed by atoms with Gasteiger partial charge in [-0.1, -0.05) is 18.2 Å². The lowest BCUT2D eigenvalue weighted by molar-refractivity contribution is -0.191. The molecule has 1 aromatic carbocycles. The molecule has 7 nitrogen and oxygen atoms in total. The molecule has 3 N–H and O–H groups in total. The van der Waals surface area contributed by atoms with Crippen molar-refractivity contribution in [3.05, 3.63) is 34.9 Å². The number of piperidine rings is 1. The number of carbonyl (C=O) groups excluding carboxylic acids is 3. The van der Waals surface area contributed by atoms with Gasteiger partial charge in [-0.3, -0.25) is 25.0 Å². The molecule has 4 rings (SSSR count). The summed E-state index contributed by atoms with van der Waals surface area (Å²) in [5.41, 5.74) is -0.545. The van der Waals surface area contributed by atoms with E-state index < -0.39 is 29.6 Å². The van der Waals surface area contributed by atoms with Crippen LogP contribution < -0.4 is 16.0 Å². The lowest BCUT2D eigenvalue weighted by Crippen LogP contribution is -2.58. The Morgan fingerprint density at radius 1 is 1.24 bits per heavy atom. The predicted molar refractivity (Wildman–Crippen MR) is 95.6 cm³/mol. The number of nitrogens with one attached hydrogen (secondary N) is 3. The molecular weight excluding hydrogens is 389 g/mol. The van der Waals surface area contributed by atoms with Crippen molar-refractivity contribution < 1.29 is 27.6 Å². The van der Waals surface area contributed by atoms with Gasteiger partial charge in [0.2, 0.25) is 11.8 Å². The number of fused-ring (bicyclic) bond motifs is 1. The van der Waals surface area contributed by atoms with Crippen molar-refractivity contribution in [1.82, 2.24) is 20.9 Å². The Balaban J connectivity index is 1.55. The molecule has 3 aliphatic heterocycles. The lowest BCUT2D eigenvalue weighted by atomic mass is 9.96. The van der Waals surface area contributed by atoms with Crippen LogP contribution in [0.2, 0.25) is 0 Å². The molecule has 0 spiro atoms. The maximum Gasteiger partial charge on any atom is 0.407 e. The highest BCUT2D eigenvalue weighted by atomic mass is 19.4. The average Bonchev–Trinajstić information content (AvgIpc) is 3.26. The van der Waals surface area contributed by atoms with E-state index in [1.165, 1.54) is 4.90 Å². The van der Waals surface area contributed by atoms with E-state index in [2.05, 4.69) is 16.0 Å². The monoisotopic (exact) mass is 410 g/mol. The van der Waals surface area contributed by atoms with Crippen LogP contribution in [-0.4, -0.2) is 53.5 Å². The van der Waals surface area contributed by atoms with Crippen LogP contribution in [0.1, 0.15) is 40.7 Å². The Morgan fingerprint density at radius 2 is 2.03 bits per heavy atom. The smallest absolute Gasteiger partial charge is 0.322 e. The fourth-order valence-corrected chi connectivity index (χ4v) is 4.29. The molecule has 3 heterocycles. The van der Waals surface area contributed by atoms with Crippen LogP contribution >= 0.6 is 0 Å². The number of benzene rings is 1. The molecule has 156 valence electrons. The number of hydrogen-bond acceptors (Lipinski definition) is 5. The molecule has 0 aliphatic carbocycles. The van der Waals surface area contributed by atoms with Gasteiger partial charge >= 0.3 is 6.18 Å². The molecule has 29 heavy (non-hydrogen) atoms. The Bertz CT molecular complexity index is 865. The normalized spacial score (nSPS) is 27.3. The van der Waals surface area contributed by atoms with E-state index in [1.807, 2.05) is 0 Å². The molecule has 2 saturated heterocycles. The van der Waals surface area contributed by atoms with Crippen LogP contribution in [0.25, 0.3) is 0 Å². The van der Waals surface area contributed by atoms with Crippen LogP contribution in [-0.2, 0) is 22.7 Å². The zero-order valence-electron chi connectivity index (χ0n) is 15.6. The van der Waals surface area contributed by atoms with Crippen molar-refractivity contribution in [2.75, 3.05) is 13.1 Å². The van der Waals surface area contributed by atoms with Gasteiger partial charge < -0.3 is 10.2 Å². The van der Waals surface area contributed by atoms with Gasteiger partial charge in [0.25, 0.3) is 5.91 Å². The minimum absolute atomic E-state index is 0.0815. The quantitative estimate of drug-likeness (QED) is 0.640. The molecule has 0 aromatic heterocycles. The Hall–Kier alpha value is -2.46. The summed E-state index contributed by atoms with van der Waals surface area (Å²) in [7, 11) is 0.